The van der Waals surface area contributed by atoms with Gasteiger partial charge in [0.1, 0.15) is 11.9 Å². The third kappa shape index (κ3) is 4.60. The molecular formula is C28H23ClO4S. The molecule has 6 heteroatoms. The molecule has 1 N–H and O–H groups in total. The van der Waals surface area contributed by atoms with E-state index in [2.05, 4.69) is 24.3 Å². The Morgan fingerprint density at radius 2 is 1.68 bits per heavy atom. The summed E-state index contributed by atoms with van der Waals surface area (Å²) in [5, 5.41) is 0.642. The first kappa shape index (κ1) is 22.7. The summed E-state index contributed by atoms with van der Waals surface area (Å²) in [7, 11) is -4.33. The highest BCUT2D eigenvalue weighted by molar-refractivity contribution is 7.85. The number of halogens is 1. The van der Waals surface area contributed by atoms with E-state index in [0.717, 1.165) is 39.1 Å². The van der Waals surface area contributed by atoms with Crippen LogP contribution >= 0.6 is 11.6 Å². The summed E-state index contributed by atoms with van der Waals surface area (Å²) in [5.74, 6) is 0.785. The fourth-order valence-corrected chi connectivity index (χ4v) is 5.48. The molecule has 0 spiro atoms. The van der Waals surface area contributed by atoms with Crippen LogP contribution in [0, 0.1) is 6.92 Å². The van der Waals surface area contributed by atoms with Crippen LogP contribution in [0.5, 0.6) is 5.75 Å². The van der Waals surface area contributed by atoms with Crippen LogP contribution in [0.4, 0.5) is 0 Å². The standard InChI is InChI=1S/C28H23ClO4S/c1-18-10-11-27(34(30,31)32)22(12-18)15-25-16-23-13-21(19-6-3-2-4-7-19)17-26(28(23)33-25)20-8-5-9-24(29)14-20/h2-14,17,25H,15-16H2,1H3,(H,30,31,32). The van der Waals surface area contributed by atoms with Crippen molar-refractivity contribution in [2.45, 2.75) is 30.8 Å². The van der Waals surface area contributed by atoms with E-state index < -0.39 is 10.1 Å². The zero-order valence-electron chi connectivity index (χ0n) is 18.5. The van der Waals surface area contributed by atoms with Crippen molar-refractivity contribution in [3.8, 4) is 28.0 Å². The Bertz CT molecular complexity index is 1480. The number of hydrogen-bond acceptors (Lipinski definition) is 3. The first-order valence-electron chi connectivity index (χ1n) is 11.0. The number of fused-ring (bicyclic) bond motifs is 1. The normalized spacial score (nSPS) is 15.1. The van der Waals surface area contributed by atoms with Crippen LogP contribution in [0.2, 0.25) is 5.02 Å². The molecule has 0 amide bonds. The Labute approximate surface area is 204 Å². The van der Waals surface area contributed by atoms with E-state index in [1.165, 1.54) is 6.07 Å². The topological polar surface area (TPSA) is 63.6 Å². The first-order chi connectivity index (χ1) is 16.3. The van der Waals surface area contributed by atoms with E-state index in [1.807, 2.05) is 49.4 Å². The second-order valence-electron chi connectivity index (χ2n) is 8.62. The smallest absolute Gasteiger partial charge is 0.294 e. The monoisotopic (exact) mass is 490 g/mol. The van der Waals surface area contributed by atoms with Gasteiger partial charge in [-0.15, -0.1) is 0 Å². The van der Waals surface area contributed by atoms with Crippen LogP contribution in [-0.2, 0) is 23.0 Å². The summed E-state index contributed by atoms with van der Waals surface area (Å²) >= 11 is 6.29. The van der Waals surface area contributed by atoms with Gasteiger partial charge in [-0.05, 0) is 65.1 Å². The van der Waals surface area contributed by atoms with Crippen molar-refractivity contribution in [3.63, 3.8) is 0 Å². The Morgan fingerprint density at radius 3 is 2.41 bits per heavy atom. The molecule has 172 valence electrons. The number of rotatable bonds is 5. The minimum Gasteiger partial charge on any atom is -0.489 e. The van der Waals surface area contributed by atoms with Crippen LogP contribution in [-0.4, -0.2) is 19.1 Å². The summed E-state index contributed by atoms with van der Waals surface area (Å²) < 4.78 is 40.0. The average molecular weight is 491 g/mol. The van der Waals surface area contributed by atoms with E-state index >= 15 is 0 Å². The van der Waals surface area contributed by atoms with Gasteiger partial charge in [0.05, 0.1) is 4.90 Å². The van der Waals surface area contributed by atoms with Gasteiger partial charge >= 0.3 is 0 Å². The highest BCUT2D eigenvalue weighted by atomic mass is 35.5. The quantitative estimate of drug-likeness (QED) is 0.313. The fourth-order valence-electron chi connectivity index (χ4n) is 4.58. The van der Waals surface area contributed by atoms with E-state index in [-0.39, 0.29) is 11.0 Å². The lowest BCUT2D eigenvalue weighted by Gasteiger charge is -2.16. The van der Waals surface area contributed by atoms with Crippen molar-refractivity contribution in [2.24, 2.45) is 0 Å². The second-order valence-corrected chi connectivity index (χ2v) is 10.4. The molecule has 0 aromatic heterocycles. The predicted octanol–water partition coefficient (Wildman–Crippen LogP) is 6.78. The van der Waals surface area contributed by atoms with Gasteiger partial charge < -0.3 is 4.74 Å². The Hall–Kier alpha value is -3.12. The number of aryl methyl sites for hydroxylation is 1. The molecule has 1 aliphatic rings. The fraction of sp³-hybridized carbons (Fsp3) is 0.143. The summed E-state index contributed by atoms with van der Waals surface area (Å²) in [6.07, 6.45) is 0.727. The molecule has 0 saturated carbocycles. The lowest BCUT2D eigenvalue weighted by Crippen LogP contribution is -2.18. The van der Waals surface area contributed by atoms with Gasteiger partial charge in [0.25, 0.3) is 10.1 Å². The molecule has 34 heavy (non-hydrogen) atoms. The van der Waals surface area contributed by atoms with Gasteiger partial charge in [-0.2, -0.15) is 8.42 Å². The molecule has 0 saturated heterocycles. The molecule has 4 nitrogen and oxygen atoms in total. The number of ether oxygens (including phenoxy) is 1. The third-order valence-corrected chi connectivity index (χ3v) is 7.27. The van der Waals surface area contributed by atoms with Crippen LogP contribution in [0.15, 0.2) is 89.8 Å². The summed E-state index contributed by atoms with van der Waals surface area (Å²) in [6.45, 7) is 1.89. The Morgan fingerprint density at radius 1 is 0.912 bits per heavy atom. The molecule has 1 unspecified atom stereocenters. The van der Waals surface area contributed by atoms with E-state index in [9.17, 15) is 13.0 Å². The van der Waals surface area contributed by atoms with E-state index in [4.69, 9.17) is 16.3 Å². The van der Waals surface area contributed by atoms with Crippen LogP contribution in [0.3, 0.4) is 0 Å². The van der Waals surface area contributed by atoms with Crippen LogP contribution < -0.4 is 4.74 Å². The van der Waals surface area contributed by atoms with Crippen LogP contribution in [0.25, 0.3) is 22.3 Å². The zero-order valence-corrected chi connectivity index (χ0v) is 20.1. The van der Waals surface area contributed by atoms with Gasteiger partial charge in [0.2, 0.25) is 0 Å². The Balaban J connectivity index is 1.56. The van der Waals surface area contributed by atoms with Crippen molar-refractivity contribution in [1.29, 1.82) is 0 Å². The molecule has 1 heterocycles. The maximum Gasteiger partial charge on any atom is 0.294 e. The molecular weight excluding hydrogens is 468 g/mol. The first-order valence-corrected chi connectivity index (χ1v) is 12.8. The molecule has 1 aliphatic heterocycles. The summed E-state index contributed by atoms with van der Waals surface area (Å²) in [4.78, 5) is -0.0716. The van der Waals surface area contributed by atoms with Crippen molar-refractivity contribution >= 4 is 21.7 Å². The van der Waals surface area contributed by atoms with E-state index in [0.29, 0.717) is 23.4 Å². The zero-order chi connectivity index (χ0) is 23.9. The minimum atomic E-state index is -4.33. The van der Waals surface area contributed by atoms with Gasteiger partial charge in [-0.1, -0.05) is 71.8 Å². The third-order valence-electron chi connectivity index (χ3n) is 6.08. The SMILES string of the molecule is Cc1ccc(S(=O)(=O)O)c(CC2Cc3cc(-c4ccccc4)cc(-c4cccc(Cl)c4)c3O2)c1. The molecule has 0 radical (unpaired) electrons. The van der Waals surface area contributed by atoms with Gasteiger partial charge in [-0.3, -0.25) is 4.55 Å². The van der Waals surface area contributed by atoms with Gasteiger partial charge in [0, 0.05) is 23.4 Å². The minimum absolute atomic E-state index is 0.0716. The number of hydrogen-bond donors (Lipinski definition) is 1. The van der Waals surface area contributed by atoms with Crippen molar-refractivity contribution in [1.82, 2.24) is 0 Å². The Kier molecular flexibility index (Phi) is 5.94. The molecule has 5 rings (SSSR count). The molecule has 0 aliphatic carbocycles. The lowest BCUT2D eigenvalue weighted by molar-refractivity contribution is 0.233. The summed E-state index contributed by atoms with van der Waals surface area (Å²) in [6, 6.07) is 27.0. The predicted molar refractivity (Wildman–Crippen MR) is 135 cm³/mol. The average Bonchev–Trinajstić information content (AvgIpc) is 3.20. The van der Waals surface area contributed by atoms with Crippen molar-refractivity contribution in [2.75, 3.05) is 0 Å². The molecule has 4 aromatic rings. The number of benzene rings is 4. The maximum absolute atomic E-state index is 11.9. The lowest BCUT2D eigenvalue weighted by atomic mass is 9.93. The molecule has 0 fully saturated rings. The largest absolute Gasteiger partial charge is 0.489 e. The molecule has 0 bridgehead atoms. The van der Waals surface area contributed by atoms with Crippen LogP contribution in [0.1, 0.15) is 16.7 Å². The highest BCUT2D eigenvalue weighted by Gasteiger charge is 2.29. The maximum atomic E-state index is 11.9. The molecule has 1 atom stereocenters. The summed E-state index contributed by atoms with van der Waals surface area (Å²) in [5.41, 5.74) is 6.60. The van der Waals surface area contributed by atoms with Gasteiger partial charge in [-0.25, -0.2) is 0 Å². The molecule has 4 aromatic carbocycles. The van der Waals surface area contributed by atoms with Gasteiger partial charge in [0.15, 0.2) is 0 Å². The van der Waals surface area contributed by atoms with Crippen molar-refractivity contribution < 1.29 is 17.7 Å². The highest BCUT2D eigenvalue weighted by Crippen LogP contribution is 2.43. The second kappa shape index (κ2) is 8.91. The van der Waals surface area contributed by atoms with E-state index in [1.54, 1.807) is 12.1 Å². The van der Waals surface area contributed by atoms with Crippen molar-refractivity contribution in [3.05, 3.63) is 107 Å².